The van der Waals surface area contributed by atoms with Crippen LogP contribution >= 0.6 is 27.3 Å². The van der Waals surface area contributed by atoms with Crippen molar-refractivity contribution in [2.24, 2.45) is 0 Å². The number of benzene rings is 1. The molecule has 0 unspecified atom stereocenters. The molecule has 0 aliphatic rings. The summed E-state index contributed by atoms with van der Waals surface area (Å²) >= 11 is 4.96. The third-order valence-electron chi connectivity index (χ3n) is 2.37. The number of halogens is 1. The Morgan fingerprint density at radius 3 is 2.85 bits per heavy atom. The molecule has 0 bridgehead atoms. The first-order valence-corrected chi connectivity index (χ1v) is 7.65. The van der Waals surface area contributed by atoms with Gasteiger partial charge in [0.05, 0.1) is 10.3 Å². The van der Waals surface area contributed by atoms with E-state index in [0.29, 0.717) is 6.54 Å². The summed E-state index contributed by atoms with van der Waals surface area (Å²) in [5.41, 5.74) is 1.95. The molecule has 1 aromatic carbocycles. The molecule has 2 rings (SSSR count). The highest BCUT2D eigenvalue weighted by atomic mass is 79.9. The Balaban J connectivity index is 1.78. The molecule has 1 amide bonds. The van der Waals surface area contributed by atoms with Crippen molar-refractivity contribution in [3.63, 3.8) is 0 Å². The Labute approximate surface area is 130 Å². The maximum atomic E-state index is 11.6. The fourth-order valence-electron chi connectivity index (χ4n) is 1.44. The van der Waals surface area contributed by atoms with Crippen LogP contribution in [0, 0.1) is 11.8 Å². The van der Waals surface area contributed by atoms with Gasteiger partial charge in [-0.25, -0.2) is 0 Å². The first kappa shape index (κ1) is 14.6. The van der Waals surface area contributed by atoms with E-state index in [1.807, 2.05) is 41.8 Å². The monoisotopic (exact) mass is 345 g/mol. The SMILES string of the molecule is O=C(/C=C/c1csc(Br)c1)NCC#Cc1ccccc1. The minimum absolute atomic E-state index is 0.144. The van der Waals surface area contributed by atoms with Crippen LogP contribution in [0.2, 0.25) is 0 Å². The first-order valence-electron chi connectivity index (χ1n) is 5.98. The molecule has 20 heavy (non-hydrogen) atoms. The fourth-order valence-corrected chi connectivity index (χ4v) is 2.58. The third kappa shape index (κ3) is 5.04. The number of hydrogen-bond donors (Lipinski definition) is 1. The Kier molecular flexibility index (Phi) is 5.60. The maximum absolute atomic E-state index is 11.6. The minimum Gasteiger partial charge on any atom is -0.342 e. The summed E-state index contributed by atoms with van der Waals surface area (Å²) in [5, 5.41) is 4.70. The van der Waals surface area contributed by atoms with Crippen LogP contribution in [0.5, 0.6) is 0 Å². The number of rotatable bonds is 3. The van der Waals surface area contributed by atoms with Gasteiger partial charge in [-0.2, -0.15) is 0 Å². The number of carbonyl (C=O) groups is 1. The fraction of sp³-hybridized carbons (Fsp3) is 0.0625. The van der Waals surface area contributed by atoms with Gasteiger partial charge in [0, 0.05) is 11.6 Å². The Hall–Kier alpha value is -1.83. The van der Waals surface area contributed by atoms with Gasteiger partial charge in [0.2, 0.25) is 5.91 Å². The van der Waals surface area contributed by atoms with Crippen LogP contribution < -0.4 is 5.32 Å². The molecule has 100 valence electrons. The zero-order chi connectivity index (χ0) is 14.2. The van der Waals surface area contributed by atoms with E-state index in [1.165, 1.54) is 6.08 Å². The number of nitrogens with one attached hydrogen (secondary N) is 1. The molecule has 0 radical (unpaired) electrons. The van der Waals surface area contributed by atoms with Crippen molar-refractivity contribution in [2.75, 3.05) is 6.54 Å². The molecule has 0 saturated carbocycles. The summed E-state index contributed by atoms with van der Waals surface area (Å²) in [6.45, 7) is 0.339. The van der Waals surface area contributed by atoms with Gasteiger partial charge < -0.3 is 5.32 Å². The second-order valence-corrected chi connectivity index (χ2v) is 6.19. The zero-order valence-corrected chi connectivity index (χ0v) is 13.0. The maximum Gasteiger partial charge on any atom is 0.244 e. The quantitative estimate of drug-likeness (QED) is 0.667. The molecule has 2 aromatic rings. The van der Waals surface area contributed by atoms with Gasteiger partial charge in [0.15, 0.2) is 0 Å². The summed E-state index contributed by atoms with van der Waals surface area (Å²) in [7, 11) is 0. The molecule has 0 aliphatic heterocycles. The summed E-state index contributed by atoms with van der Waals surface area (Å²) in [6.07, 6.45) is 3.29. The van der Waals surface area contributed by atoms with Gasteiger partial charge in [-0.15, -0.1) is 11.3 Å². The molecule has 1 heterocycles. The minimum atomic E-state index is -0.144. The molecule has 2 nitrogen and oxygen atoms in total. The van der Waals surface area contributed by atoms with Crippen LogP contribution in [0.15, 0.2) is 51.6 Å². The van der Waals surface area contributed by atoms with Crippen LogP contribution in [0.4, 0.5) is 0 Å². The lowest BCUT2D eigenvalue weighted by Gasteiger charge is -1.94. The molecule has 0 atom stereocenters. The van der Waals surface area contributed by atoms with Crippen LogP contribution in [0.25, 0.3) is 6.08 Å². The van der Waals surface area contributed by atoms with E-state index >= 15 is 0 Å². The lowest BCUT2D eigenvalue weighted by Crippen LogP contribution is -2.20. The van der Waals surface area contributed by atoms with Crippen molar-refractivity contribution in [2.45, 2.75) is 0 Å². The predicted octanol–water partition coefficient (Wildman–Crippen LogP) is 3.69. The Bertz CT molecular complexity index is 665. The highest BCUT2D eigenvalue weighted by molar-refractivity contribution is 9.11. The molecule has 0 fully saturated rings. The van der Waals surface area contributed by atoms with Gasteiger partial charge in [-0.05, 0) is 51.1 Å². The molecule has 0 aliphatic carbocycles. The third-order valence-corrected chi connectivity index (χ3v) is 3.90. The van der Waals surface area contributed by atoms with Gasteiger partial charge in [0.25, 0.3) is 0 Å². The normalized spacial score (nSPS) is 10.1. The summed E-state index contributed by atoms with van der Waals surface area (Å²) in [4.78, 5) is 11.6. The van der Waals surface area contributed by atoms with E-state index in [0.717, 1.165) is 14.9 Å². The van der Waals surface area contributed by atoms with E-state index in [9.17, 15) is 4.79 Å². The number of hydrogen-bond acceptors (Lipinski definition) is 2. The van der Waals surface area contributed by atoms with E-state index in [4.69, 9.17) is 0 Å². The smallest absolute Gasteiger partial charge is 0.244 e. The van der Waals surface area contributed by atoms with Crippen molar-refractivity contribution < 1.29 is 4.79 Å². The van der Waals surface area contributed by atoms with Crippen molar-refractivity contribution in [1.29, 1.82) is 0 Å². The van der Waals surface area contributed by atoms with Gasteiger partial charge in [-0.1, -0.05) is 30.0 Å². The Morgan fingerprint density at radius 2 is 2.15 bits per heavy atom. The van der Waals surface area contributed by atoms with Crippen LogP contribution in [0.3, 0.4) is 0 Å². The van der Waals surface area contributed by atoms with Crippen LogP contribution in [-0.4, -0.2) is 12.5 Å². The molecule has 1 N–H and O–H groups in total. The molecule has 4 heteroatoms. The van der Waals surface area contributed by atoms with Gasteiger partial charge in [-0.3, -0.25) is 4.79 Å². The average Bonchev–Trinajstić information content (AvgIpc) is 2.88. The standard InChI is InChI=1S/C16H12BrNOS/c17-15-11-14(12-20-15)8-9-16(19)18-10-4-7-13-5-2-1-3-6-13/h1-3,5-6,8-9,11-12H,10H2,(H,18,19)/b9-8+. The van der Waals surface area contributed by atoms with E-state index < -0.39 is 0 Å². The first-order chi connectivity index (χ1) is 9.74. The summed E-state index contributed by atoms with van der Waals surface area (Å²) in [6, 6.07) is 11.6. The molecular weight excluding hydrogens is 334 g/mol. The van der Waals surface area contributed by atoms with Crippen LogP contribution in [0.1, 0.15) is 11.1 Å². The van der Waals surface area contributed by atoms with E-state index in [-0.39, 0.29) is 5.91 Å². The highest BCUT2D eigenvalue weighted by Gasteiger charge is 1.95. The van der Waals surface area contributed by atoms with Crippen molar-refractivity contribution in [3.05, 3.63) is 62.8 Å². The average molecular weight is 346 g/mol. The molecular formula is C16H12BrNOS. The summed E-state index contributed by atoms with van der Waals surface area (Å²) < 4.78 is 1.05. The lowest BCUT2D eigenvalue weighted by atomic mass is 10.2. The summed E-state index contributed by atoms with van der Waals surface area (Å²) in [5.74, 6) is 5.75. The van der Waals surface area contributed by atoms with E-state index in [2.05, 4.69) is 33.1 Å². The second kappa shape index (κ2) is 7.68. The van der Waals surface area contributed by atoms with Crippen molar-refractivity contribution >= 4 is 39.2 Å². The van der Waals surface area contributed by atoms with Gasteiger partial charge >= 0.3 is 0 Å². The molecule has 0 saturated heterocycles. The zero-order valence-electron chi connectivity index (χ0n) is 10.6. The van der Waals surface area contributed by atoms with Crippen LogP contribution in [-0.2, 0) is 4.79 Å². The number of carbonyl (C=O) groups excluding carboxylic acids is 1. The molecule has 0 spiro atoms. The van der Waals surface area contributed by atoms with Crippen molar-refractivity contribution in [1.82, 2.24) is 5.32 Å². The highest BCUT2D eigenvalue weighted by Crippen LogP contribution is 2.21. The number of thiophene rings is 1. The molecule has 1 aromatic heterocycles. The lowest BCUT2D eigenvalue weighted by molar-refractivity contribution is -0.116. The Morgan fingerprint density at radius 1 is 1.35 bits per heavy atom. The second-order valence-electron chi connectivity index (χ2n) is 3.90. The topological polar surface area (TPSA) is 29.1 Å². The van der Waals surface area contributed by atoms with Crippen molar-refractivity contribution in [3.8, 4) is 11.8 Å². The van der Waals surface area contributed by atoms with E-state index in [1.54, 1.807) is 17.4 Å². The predicted molar refractivity (Wildman–Crippen MR) is 87.4 cm³/mol. The largest absolute Gasteiger partial charge is 0.342 e. The number of amides is 1. The van der Waals surface area contributed by atoms with Gasteiger partial charge in [0.1, 0.15) is 0 Å².